The van der Waals surface area contributed by atoms with Crippen molar-refractivity contribution >= 4 is 51.3 Å². The fourth-order valence-electron chi connectivity index (χ4n) is 2.22. The van der Waals surface area contributed by atoms with E-state index in [2.05, 4.69) is 33.3 Å². The van der Waals surface area contributed by atoms with Crippen molar-refractivity contribution in [2.24, 2.45) is 4.99 Å². The third kappa shape index (κ3) is 9.04. The molecule has 0 unspecified atom stereocenters. The Kier molecular flexibility index (Phi) is 10.9. The van der Waals surface area contributed by atoms with Crippen molar-refractivity contribution in [3.63, 3.8) is 0 Å². The van der Waals surface area contributed by atoms with Crippen LogP contribution in [0.1, 0.15) is 22.9 Å². The van der Waals surface area contributed by atoms with E-state index >= 15 is 0 Å². The number of hydrogen-bond donors (Lipinski definition) is 3. The van der Waals surface area contributed by atoms with E-state index in [1.165, 1.54) is 10.4 Å². The van der Waals surface area contributed by atoms with E-state index < -0.39 is 10.0 Å². The average Bonchev–Trinajstić information content (AvgIpc) is 3.04. The van der Waals surface area contributed by atoms with Crippen LogP contribution in [0.3, 0.4) is 0 Å². The van der Waals surface area contributed by atoms with Crippen LogP contribution in [0.5, 0.6) is 0 Å². The number of rotatable bonds is 9. The topological polar surface area (TPSA) is 82.6 Å². The zero-order chi connectivity index (χ0) is 18.8. The van der Waals surface area contributed by atoms with Gasteiger partial charge in [0.05, 0.1) is 12.3 Å². The maximum atomic E-state index is 12.1. The summed E-state index contributed by atoms with van der Waals surface area (Å²) in [4.78, 5) is 5.73. The van der Waals surface area contributed by atoms with E-state index in [-0.39, 0.29) is 29.7 Å². The van der Waals surface area contributed by atoms with Gasteiger partial charge in [0.1, 0.15) is 0 Å². The van der Waals surface area contributed by atoms with Gasteiger partial charge in [0.15, 0.2) is 5.96 Å². The Bertz CT molecular complexity index is 808. The Labute approximate surface area is 182 Å². The van der Waals surface area contributed by atoms with Gasteiger partial charge < -0.3 is 10.6 Å². The fourth-order valence-corrected chi connectivity index (χ4v) is 3.95. The lowest BCUT2D eigenvalue weighted by molar-refractivity contribution is 0.580. The van der Waals surface area contributed by atoms with Crippen molar-refractivity contribution in [2.75, 3.05) is 18.8 Å². The molecule has 0 saturated carbocycles. The highest BCUT2D eigenvalue weighted by Gasteiger charge is 2.10. The van der Waals surface area contributed by atoms with Gasteiger partial charge in [-0.05, 0) is 36.4 Å². The molecule has 0 spiro atoms. The number of benzene rings is 1. The molecule has 0 aliphatic heterocycles. The minimum atomic E-state index is -3.35. The van der Waals surface area contributed by atoms with Gasteiger partial charge in [-0.3, -0.25) is 0 Å². The second-order valence-corrected chi connectivity index (χ2v) is 8.70. The van der Waals surface area contributed by atoms with Crippen LogP contribution in [-0.4, -0.2) is 33.2 Å². The third-order valence-corrected chi connectivity index (χ3v) is 6.03. The van der Waals surface area contributed by atoms with Gasteiger partial charge >= 0.3 is 0 Å². The molecule has 150 valence electrons. The molecule has 0 aliphatic carbocycles. The first kappa shape index (κ1) is 23.9. The van der Waals surface area contributed by atoms with Gasteiger partial charge in [0, 0.05) is 24.5 Å². The summed E-state index contributed by atoms with van der Waals surface area (Å²) in [5.74, 6) is 0.612. The normalized spacial score (nSPS) is 11.7. The largest absolute Gasteiger partial charge is 0.357 e. The Balaban J connectivity index is 0.00000364. The quantitative estimate of drug-likeness (QED) is 0.269. The van der Waals surface area contributed by atoms with Crippen LogP contribution in [-0.2, 0) is 23.1 Å². The Morgan fingerprint density at radius 1 is 1.15 bits per heavy atom. The van der Waals surface area contributed by atoms with Gasteiger partial charge in [-0.15, -0.1) is 35.3 Å². The molecule has 2 aromatic rings. The number of thiophene rings is 1. The summed E-state index contributed by atoms with van der Waals surface area (Å²) in [6.07, 6.45) is 0. The summed E-state index contributed by atoms with van der Waals surface area (Å²) in [5.41, 5.74) is 2.16. The lowest BCUT2D eigenvalue weighted by atomic mass is 10.2. The first-order valence-corrected chi connectivity index (χ1v) is 11.1. The fraction of sp³-hybridized carbons (Fsp3) is 0.389. The number of nitrogens with one attached hydrogen (secondary N) is 3. The van der Waals surface area contributed by atoms with Crippen molar-refractivity contribution in [2.45, 2.75) is 26.9 Å². The van der Waals surface area contributed by atoms with Crippen molar-refractivity contribution in [1.29, 1.82) is 0 Å². The van der Waals surface area contributed by atoms with Gasteiger partial charge in [-0.2, -0.15) is 0 Å². The highest BCUT2D eigenvalue weighted by Crippen LogP contribution is 2.16. The number of halogens is 1. The molecule has 1 aromatic carbocycles. The molecule has 1 aromatic heterocycles. The minimum absolute atomic E-state index is 0. The second kappa shape index (κ2) is 12.3. The van der Waals surface area contributed by atoms with Crippen LogP contribution in [0.15, 0.2) is 46.8 Å². The Morgan fingerprint density at radius 2 is 1.89 bits per heavy atom. The first-order valence-electron chi connectivity index (χ1n) is 8.56. The molecule has 0 radical (unpaired) electrons. The molecule has 0 atom stereocenters. The van der Waals surface area contributed by atoms with E-state index in [9.17, 15) is 8.42 Å². The first-order chi connectivity index (χ1) is 12.5. The minimum Gasteiger partial charge on any atom is -0.357 e. The van der Waals surface area contributed by atoms with Gasteiger partial charge in [0.2, 0.25) is 10.0 Å². The lowest BCUT2D eigenvalue weighted by Crippen LogP contribution is -2.41. The van der Waals surface area contributed by atoms with E-state index in [1.54, 1.807) is 11.3 Å². The summed E-state index contributed by atoms with van der Waals surface area (Å²) in [7, 11) is -3.35. The molecule has 6 nitrogen and oxygen atoms in total. The summed E-state index contributed by atoms with van der Waals surface area (Å²) >= 11 is 1.67. The maximum absolute atomic E-state index is 12.1. The van der Waals surface area contributed by atoms with Crippen molar-refractivity contribution < 1.29 is 8.42 Å². The molecule has 0 bridgehead atoms. The molecule has 0 aliphatic rings. The van der Waals surface area contributed by atoms with Crippen LogP contribution in [0.2, 0.25) is 0 Å². The number of aryl methyl sites for hydroxylation is 1. The van der Waals surface area contributed by atoms with Crippen LogP contribution >= 0.6 is 35.3 Å². The molecule has 27 heavy (non-hydrogen) atoms. The number of hydrogen-bond acceptors (Lipinski definition) is 4. The van der Waals surface area contributed by atoms with E-state index in [1.807, 2.05) is 42.6 Å². The Hall–Kier alpha value is -1.17. The molecule has 0 amide bonds. The zero-order valence-electron chi connectivity index (χ0n) is 15.6. The molecular formula is C18H27IN4O2S2. The average molecular weight is 522 g/mol. The van der Waals surface area contributed by atoms with E-state index in [0.717, 1.165) is 5.56 Å². The Morgan fingerprint density at radius 3 is 2.52 bits per heavy atom. The zero-order valence-corrected chi connectivity index (χ0v) is 19.5. The molecule has 3 N–H and O–H groups in total. The smallest absolute Gasteiger partial charge is 0.213 e. The number of guanidine groups is 1. The molecular weight excluding hydrogens is 495 g/mol. The summed E-state index contributed by atoms with van der Waals surface area (Å²) < 4.78 is 26.9. The highest BCUT2D eigenvalue weighted by molar-refractivity contribution is 14.0. The van der Waals surface area contributed by atoms with Crippen molar-refractivity contribution in [3.05, 3.63) is 57.8 Å². The number of sulfonamides is 1. The predicted octanol–water partition coefficient (Wildman–Crippen LogP) is 2.85. The molecule has 0 fully saturated rings. The summed E-state index contributed by atoms with van der Waals surface area (Å²) in [5, 5.41) is 8.27. The monoisotopic (exact) mass is 522 g/mol. The van der Waals surface area contributed by atoms with Crippen LogP contribution in [0.25, 0.3) is 0 Å². The predicted molar refractivity (Wildman–Crippen MR) is 124 cm³/mol. The molecule has 2 rings (SSSR count). The molecule has 0 saturated heterocycles. The highest BCUT2D eigenvalue weighted by atomic mass is 127. The van der Waals surface area contributed by atoms with Gasteiger partial charge in [0.25, 0.3) is 0 Å². The maximum Gasteiger partial charge on any atom is 0.213 e. The van der Waals surface area contributed by atoms with Crippen molar-refractivity contribution in [1.82, 2.24) is 15.4 Å². The second-order valence-electron chi connectivity index (χ2n) is 5.77. The molecule has 9 heteroatoms. The lowest BCUT2D eigenvalue weighted by Gasteiger charge is -2.12. The van der Waals surface area contributed by atoms with Crippen LogP contribution < -0.4 is 15.4 Å². The van der Waals surface area contributed by atoms with E-state index in [0.29, 0.717) is 32.1 Å². The van der Waals surface area contributed by atoms with Gasteiger partial charge in [-0.25, -0.2) is 18.1 Å². The van der Waals surface area contributed by atoms with Crippen molar-refractivity contribution in [3.8, 4) is 0 Å². The third-order valence-electron chi connectivity index (χ3n) is 3.70. The van der Waals surface area contributed by atoms with Crippen LogP contribution in [0, 0.1) is 6.92 Å². The number of nitrogens with zero attached hydrogens (tertiary/aromatic N) is 1. The van der Waals surface area contributed by atoms with Gasteiger partial charge in [-0.1, -0.05) is 30.3 Å². The summed E-state index contributed by atoms with van der Waals surface area (Å²) in [6, 6.07) is 11.5. The SMILES string of the molecule is CCNC(=NCc1sccc1C)NCCS(=O)(=O)NCc1ccccc1.I. The number of aliphatic imine (C=N–C) groups is 1. The standard InChI is InChI=1S/C18H26N4O2S2.HI/c1-3-19-18(21-14-17-15(2)9-11-25-17)20-10-12-26(23,24)22-13-16-7-5-4-6-8-16;/h4-9,11,22H,3,10,12-14H2,1-2H3,(H2,19,20,21);1H. The summed E-state index contributed by atoms with van der Waals surface area (Å²) in [6.45, 7) is 5.93. The van der Waals surface area contributed by atoms with E-state index in [4.69, 9.17) is 0 Å². The van der Waals surface area contributed by atoms with Crippen LogP contribution in [0.4, 0.5) is 0 Å². The molecule has 1 heterocycles.